The number of nitrogens with zero attached hydrogens (tertiary/aromatic N) is 1. The van der Waals surface area contributed by atoms with Gasteiger partial charge in [0.05, 0.1) is 5.69 Å². The number of rotatable bonds is 5. The van der Waals surface area contributed by atoms with Crippen molar-refractivity contribution in [3.8, 4) is 0 Å². The van der Waals surface area contributed by atoms with Crippen molar-refractivity contribution in [3.05, 3.63) is 46.5 Å². The number of benzene rings is 1. The summed E-state index contributed by atoms with van der Waals surface area (Å²) in [6, 6.07) is 8.73. The van der Waals surface area contributed by atoms with Gasteiger partial charge in [-0.2, -0.15) is 0 Å². The molecule has 104 valence electrons. The molecule has 0 saturated heterocycles. The molecule has 2 N–H and O–H groups in total. The number of aromatic nitrogens is 1. The lowest BCUT2D eigenvalue weighted by Crippen LogP contribution is -2.11. The van der Waals surface area contributed by atoms with Crippen LogP contribution in [0.4, 0.5) is 5.13 Å². The third kappa shape index (κ3) is 3.21. The molecule has 20 heavy (non-hydrogen) atoms. The van der Waals surface area contributed by atoms with E-state index < -0.39 is 5.97 Å². The van der Waals surface area contributed by atoms with E-state index in [0.29, 0.717) is 22.8 Å². The van der Waals surface area contributed by atoms with E-state index in [2.05, 4.69) is 10.3 Å². The van der Waals surface area contributed by atoms with Gasteiger partial charge >= 0.3 is 5.97 Å². The predicted molar refractivity (Wildman–Crippen MR) is 77.5 cm³/mol. The number of hydrogen-bond donors (Lipinski definition) is 2. The summed E-state index contributed by atoms with van der Waals surface area (Å²) in [6.07, 6.45) is 1.38. The van der Waals surface area contributed by atoms with Gasteiger partial charge in [-0.05, 0) is 18.6 Å². The van der Waals surface area contributed by atoms with Gasteiger partial charge in [-0.3, -0.25) is 10.1 Å². The Balaban J connectivity index is 2.19. The second kappa shape index (κ2) is 6.29. The zero-order valence-corrected chi connectivity index (χ0v) is 11.7. The molecular weight excluding hydrogens is 276 g/mol. The van der Waals surface area contributed by atoms with Crippen LogP contribution in [-0.2, 0) is 6.42 Å². The average Bonchev–Trinajstić information content (AvgIpc) is 2.83. The highest BCUT2D eigenvalue weighted by Crippen LogP contribution is 2.24. The van der Waals surface area contributed by atoms with Gasteiger partial charge in [0.1, 0.15) is 4.88 Å². The summed E-state index contributed by atoms with van der Waals surface area (Å²) >= 11 is 0.988. The SMILES string of the molecule is CCCc1nc(NC(=O)c2ccccc2)sc1C(=O)O. The summed E-state index contributed by atoms with van der Waals surface area (Å²) in [5.41, 5.74) is 1.03. The summed E-state index contributed by atoms with van der Waals surface area (Å²) in [4.78, 5) is 27.5. The molecule has 0 saturated carbocycles. The summed E-state index contributed by atoms with van der Waals surface area (Å²) in [5.74, 6) is -1.30. The lowest BCUT2D eigenvalue weighted by molar-refractivity contribution is 0.0700. The van der Waals surface area contributed by atoms with E-state index >= 15 is 0 Å². The van der Waals surface area contributed by atoms with Gasteiger partial charge in [-0.15, -0.1) is 0 Å². The van der Waals surface area contributed by atoms with Crippen molar-refractivity contribution in [3.63, 3.8) is 0 Å². The van der Waals surface area contributed by atoms with Crippen molar-refractivity contribution >= 4 is 28.3 Å². The molecule has 0 aliphatic carbocycles. The van der Waals surface area contributed by atoms with E-state index in [1.54, 1.807) is 24.3 Å². The van der Waals surface area contributed by atoms with Gasteiger partial charge in [-0.1, -0.05) is 42.9 Å². The Morgan fingerprint density at radius 2 is 2.00 bits per heavy atom. The molecule has 0 spiro atoms. The number of thiazole rings is 1. The molecule has 0 atom stereocenters. The van der Waals surface area contributed by atoms with Crippen molar-refractivity contribution in [2.75, 3.05) is 5.32 Å². The fourth-order valence-corrected chi connectivity index (χ4v) is 2.58. The molecule has 1 aromatic heterocycles. The number of carboxylic acid groups (broad SMARTS) is 1. The maximum atomic E-state index is 12.0. The van der Waals surface area contributed by atoms with Crippen LogP contribution in [0.1, 0.15) is 39.1 Å². The van der Waals surface area contributed by atoms with Crippen LogP contribution in [0.25, 0.3) is 0 Å². The van der Waals surface area contributed by atoms with Crippen LogP contribution in [0.5, 0.6) is 0 Å². The van der Waals surface area contributed by atoms with Gasteiger partial charge in [0.15, 0.2) is 5.13 Å². The van der Waals surface area contributed by atoms with E-state index in [1.165, 1.54) is 0 Å². The van der Waals surface area contributed by atoms with Gasteiger partial charge in [0, 0.05) is 5.56 Å². The van der Waals surface area contributed by atoms with E-state index in [-0.39, 0.29) is 10.8 Å². The number of aryl methyl sites for hydroxylation is 1. The van der Waals surface area contributed by atoms with Crippen molar-refractivity contribution in [2.24, 2.45) is 0 Å². The molecule has 0 aliphatic rings. The summed E-state index contributed by atoms with van der Waals surface area (Å²) in [6.45, 7) is 1.95. The minimum Gasteiger partial charge on any atom is -0.477 e. The quantitative estimate of drug-likeness (QED) is 0.887. The predicted octanol–water partition coefficient (Wildman–Crippen LogP) is 3.05. The molecule has 0 unspecified atom stereocenters. The molecule has 0 aliphatic heterocycles. The van der Waals surface area contributed by atoms with Gasteiger partial charge < -0.3 is 5.11 Å². The van der Waals surface area contributed by atoms with E-state index in [0.717, 1.165) is 17.8 Å². The Kier molecular flexibility index (Phi) is 4.47. The van der Waals surface area contributed by atoms with Crippen LogP contribution in [0.2, 0.25) is 0 Å². The third-order valence-corrected chi connectivity index (χ3v) is 3.64. The smallest absolute Gasteiger partial charge is 0.347 e. The number of anilines is 1. The second-order valence-electron chi connectivity index (χ2n) is 4.17. The van der Waals surface area contributed by atoms with Crippen LogP contribution in [-0.4, -0.2) is 22.0 Å². The van der Waals surface area contributed by atoms with Gasteiger partial charge in [-0.25, -0.2) is 9.78 Å². The topological polar surface area (TPSA) is 79.3 Å². The maximum absolute atomic E-state index is 12.0. The van der Waals surface area contributed by atoms with Crippen LogP contribution in [0.3, 0.4) is 0 Å². The Bertz CT molecular complexity index is 623. The van der Waals surface area contributed by atoms with Crippen molar-refractivity contribution < 1.29 is 14.7 Å². The Morgan fingerprint density at radius 3 is 2.60 bits per heavy atom. The normalized spacial score (nSPS) is 10.2. The number of nitrogens with one attached hydrogen (secondary N) is 1. The summed E-state index contributed by atoms with van der Waals surface area (Å²) in [5, 5.41) is 12.1. The first-order chi connectivity index (χ1) is 9.61. The molecule has 6 heteroatoms. The van der Waals surface area contributed by atoms with Crippen LogP contribution >= 0.6 is 11.3 Å². The van der Waals surface area contributed by atoms with Crippen LogP contribution < -0.4 is 5.32 Å². The highest BCUT2D eigenvalue weighted by molar-refractivity contribution is 7.17. The molecule has 1 heterocycles. The molecule has 0 radical (unpaired) electrons. The zero-order valence-electron chi connectivity index (χ0n) is 10.9. The number of aromatic carboxylic acids is 1. The Hall–Kier alpha value is -2.21. The van der Waals surface area contributed by atoms with Gasteiger partial charge in [0.25, 0.3) is 5.91 Å². The molecule has 5 nitrogen and oxygen atoms in total. The number of hydrogen-bond acceptors (Lipinski definition) is 4. The highest BCUT2D eigenvalue weighted by atomic mass is 32.1. The average molecular weight is 290 g/mol. The lowest BCUT2D eigenvalue weighted by atomic mass is 10.2. The lowest BCUT2D eigenvalue weighted by Gasteiger charge is -2.00. The van der Waals surface area contributed by atoms with E-state index in [4.69, 9.17) is 5.11 Å². The molecule has 2 aromatic rings. The maximum Gasteiger partial charge on any atom is 0.347 e. The van der Waals surface area contributed by atoms with Crippen molar-refractivity contribution in [1.29, 1.82) is 0 Å². The molecule has 0 fully saturated rings. The number of carbonyl (C=O) groups is 2. The minimum absolute atomic E-state index is 0.190. The van der Waals surface area contributed by atoms with E-state index in [1.807, 2.05) is 13.0 Å². The summed E-state index contributed by atoms with van der Waals surface area (Å²) < 4.78 is 0. The zero-order chi connectivity index (χ0) is 14.5. The first-order valence-corrected chi connectivity index (χ1v) is 7.03. The number of amides is 1. The first-order valence-electron chi connectivity index (χ1n) is 6.21. The molecule has 2 rings (SSSR count). The fourth-order valence-electron chi connectivity index (χ4n) is 1.74. The minimum atomic E-state index is -1.01. The monoisotopic (exact) mass is 290 g/mol. The Morgan fingerprint density at radius 1 is 1.30 bits per heavy atom. The number of carboxylic acids is 1. The van der Waals surface area contributed by atoms with Crippen LogP contribution in [0, 0.1) is 0 Å². The summed E-state index contributed by atoms with van der Waals surface area (Å²) in [7, 11) is 0. The van der Waals surface area contributed by atoms with Crippen molar-refractivity contribution in [1.82, 2.24) is 4.98 Å². The Labute approximate surface area is 120 Å². The third-order valence-electron chi connectivity index (χ3n) is 2.63. The fraction of sp³-hybridized carbons (Fsp3) is 0.214. The second-order valence-corrected chi connectivity index (χ2v) is 5.17. The number of carbonyl (C=O) groups excluding carboxylic acids is 1. The molecule has 1 aromatic carbocycles. The molecular formula is C14H14N2O3S. The van der Waals surface area contributed by atoms with Crippen LogP contribution in [0.15, 0.2) is 30.3 Å². The highest BCUT2D eigenvalue weighted by Gasteiger charge is 2.18. The van der Waals surface area contributed by atoms with Gasteiger partial charge in [0.2, 0.25) is 0 Å². The standard InChI is InChI=1S/C14H14N2O3S/c1-2-6-10-11(13(18)19)20-14(15-10)16-12(17)9-7-4-3-5-8-9/h3-5,7-8H,2,6H2,1H3,(H,18,19)(H,15,16,17). The first kappa shape index (κ1) is 14.2. The largest absolute Gasteiger partial charge is 0.477 e. The molecule has 0 bridgehead atoms. The van der Waals surface area contributed by atoms with E-state index in [9.17, 15) is 9.59 Å². The van der Waals surface area contributed by atoms with Crippen molar-refractivity contribution in [2.45, 2.75) is 19.8 Å². The molecule has 1 amide bonds.